The number of anilines is 2. The van der Waals surface area contributed by atoms with Crippen molar-refractivity contribution in [2.45, 2.75) is 19.8 Å². The summed E-state index contributed by atoms with van der Waals surface area (Å²) in [5, 5.41) is 3.28. The fourth-order valence-corrected chi connectivity index (χ4v) is 1.88. The van der Waals surface area contributed by atoms with E-state index in [0.29, 0.717) is 5.88 Å². The van der Waals surface area contributed by atoms with E-state index < -0.39 is 0 Å². The molecule has 18 heavy (non-hydrogen) atoms. The first-order valence-corrected chi connectivity index (χ1v) is 6.52. The molecular formula is C14H16ClN3. The van der Waals surface area contributed by atoms with E-state index >= 15 is 0 Å². The van der Waals surface area contributed by atoms with Crippen molar-refractivity contribution in [2.24, 2.45) is 0 Å². The number of hydrogen-bond acceptors (Lipinski definition) is 3. The molecule has 3 nitrogen and oxygen atoms in total. The number of nitrogens with one attached hydrogen (secondary N) is 1. The number of nitrogens with zero attached hydrogens (tertiary/aromatic N) is 2. The highest BCUT2D eigenvalue weighted by atomic mass is 35.5. The first-order valence-electron chi connectivity index (χ1n) is 5.98. The molecule has 2 rings (SSSR count). The number of hydrogen-bond donors (Lipinski definition) is 1. The second kappa shape index (κ2) is 6.36. The van der Waals surface area contributed by atoms with Crippen LogP contribution in [0.3, 0.4) is 0 Å². The first kappa shape index (κ1) is 12.8. The highest BCUT2D eigenvalue weighted by Gasteiger charge is 1.99. The Kier molecular flexibility index (Phi) is 4.53. The number of aromatic nitrogens is 2. The molecule has 0 aliphatic carbocycles. The quantitative estimate of drug-likeness (QED) is 0.834. The van der Waals surface area contributed by atoms with Crippen LogP contribution in [-0.4, -0.2) is 15.8 Å². The van der Waals surface area contributed by atoms with Gasteiger partial charge in [-0.15, -0.1) is 11.6 Å². The van der Waals surface area contributed by atoms with Crippen molar-refractivity contribution in [3.63, 3.8) is 0 Å². The van der Waals surface area contributed by atoms with Crippen molar-refractivity contribution >= 4 is 23.1 Å². The molecule has 0 bridgehead atoms. The maximum Gasteiger partial charge on any atom is 0.133 e. The SMILES string of the molecule is Cc1cc(Nc2cccc(CCCCl)c2)ncn1. The number of benzene rings is 1. The van der Waals surface area contributed by atoms with Crippen molar-refractivity contribution < 1.29 is 0 Å². The molecule has 0 spiro atoms. The predicted octanol–water partition coefficient (Wildman–Crippen LogP) is 3.70. The molecule has 2 aromatic rings. The number of aryl methyl sites for hydroxylation is 2. The van der Waals surface area contributed by atoms with Gasteiger partial charge in [0.2, 0.25) is 0 Å². The van der Waals surface area contributed by atoms with Gasteiger partial charge in [0.25, 0.3) is 0 Å². The van der Waals surface area contributed by atoms with E-state index in [1.165, 1.54) is 5.56 Å². The van der Waals surface area contributed by atoms with Crippen LogP contribution in [0, 0.1) is 6.92 Å². The zero-order valence-corrected chi connectivity index (χ0v) is 11.1. The Balaban J connectivity index is 2.09. The van der Waals surface area contributed by atoms with Gasteiger partial charge >= 0.3 is 0 Å². The Morgan fingerprint density at radius 3 is 2.89 bits per heavy atom. The second-order valence-electron chi connectivity index (χ2n) is 4.16. The number of halogens is 1. The summed E-state index contributed by atoms with van der Waals surface area (Å²) in [6.45, 7) is 1.95. The summed E-state index contributed by atoms with van der Waals surface area (Å²) in [6.07, 6.45) is 3.56. The van der Waals surface area contributed by atoms with Gasteiger partial charge in [-0.05, 0) is 37.5 Å². The van der Waals surface area contributed by atoms with Crippen LogP contribution in [0.15, 0.2) is 36.7 Å². The van der Waals surface area contributed by atoms with Gasteiger partial charge in [-0.2, -0.15) is 0 Å². The minimum Gasteiger partial charge on any atom is -0.340 e. The Bertz CT molecular complexity index is 514. The van der Waals surface area contributed by atoms with E-state index in [2.05, 4.69) is 27.4 Å². The van der Waals surface area contributed by atoms with Gasteiger partial charge < -0.3 is 5.32 Å². The third-order valence-corrected chi connectivity index (χ3v) is 2.87. The lowest BCUT2D eigenvalue weighted by Gasteiger charge is -2.07. The summed E-state index contributed by atoms with van der Waals surface area (Å²) in [4.78, 5) is 8.26. The van der Waals surface area contributed by atoms with E-state index in [1.54, 1.807) is 6.33 Å². The van der Waals surface area contributed by atoms with Crippen LogP contribution < -0.4 is 5.32 Å². The zero-order valence-electron chi connectivity index (χ0n) is 10.4. The maximum atomic E-state index is 5.71. The minimum atomic E-state index is 0.697. The van der Waals surface area contributed by atoms with Crippen LogP contribution in [0.25, 0.3) is 0 Å². The topological polar surface area (TPSA) is 37.8 Å². The third kappa shape index (κ3) is 3.70. The van der Waals surface area contributed by atoms with Gasteiger partial charge in [0.1, 0.15) is 12.1 Å². The van der Waals surface area contributed by atoms with E-state index in [-0.39, 0.29) is 0 Å². The molecule has 0 aliphatic rings. The van der Waals surface area contributed by atoms with E-state index in [4.69, 9.17) is 11.6 Å². The average Bonchev–Trinajstić information content (AvgIpc) is 2.37. The number of rotatable bonds is 5. The summed E-state index contributed by atoms with van der Waals surface area (Å²) in [7, 11) is 0. The Morgan fingerprint density at radius 1 is 1.22 bits per heavy atom. The largest absolute Gasteiger partial charge is 0.340 e. The molecule has 1 aromatic heterocycles. The van der Waals surface area contributed by atoms with Crippen molar-refractivity contribution in [3.8, 4) is 0 Å². The van der Waals surface area contributed by atoms with Crippen molar-refractivity contribution in [1.82, 2.24) is 9.97 Å². The fraction of sp³-hybridized carbons (Fsp3) is 0.286. The van der Waals surface area contributed by atoms with Gasteiger partial charge in [-0.1, -0.05) is 12.1 Å². The predicted molar refractivity (Wildman–Crippen MR) is 75.5 cm³/mol. The molecule has 0 saturated heterocycles. The standard InChI is InChI=1S/C14H16ClN3/c1-11-8-14(17-10-16-11)18-13-6-2-4-12(9-13)5-3-7-15/h2,4,6,8-10H,3,5,7H2,1H3,(H,16,17,18). The van der Waals surface area contributed by atoms with E-state index in [1.807, 2.05) is 25.1 Å². The molecule has 0 fully saturated rings. The molecule has 1 aromatic carbocycles. The normalized spacial score (nSPS) is 10.3. The lowest BCUT2D eigenvalue weighted by atomic mass is 10.1. The van der Waals surface area contributed by atoms with Gasteiger partial charge in [0.15, 0.2) is 0 Å². The summed E-state index contributed by atoms with van der Waals surface area (Å²) < 4.78 is 0. The molecule has 94 valence electrons. The Morgan fingerprint density at radius 2 is 2.11 bits per heavy atom. The second-order valence-corrected chi connectivity index (χ2v) is 4.54. The smallest absolute Gasteiger partial charge is 0.133 e. The Labute approximate surface area is 112 Å². The van der Waals surface area contributed by atoms with Crippen LogP contribution >= 0.6 is 11.6 Å². The summed E-state index contributed by atoms with van der Waals surface area (Å²) in [6, 6.07) is 10.2. The summed E-state index contributed by atoms with van der Waals surface area (Å²) in [5.74, 6) is 1.51. The van der Waals surface area contributed by atoms with Crippen LogP contribution in [0.4, 0.5) is 11.5 Å². The summed E-state index contributed by atoms with van der Waals surface area (Å²) >= 11 is 5.71. The fourth-order valence-electron chi connectivity index (χ4n) is 1.75. The van der Waals surface area contributed by atoms with E-state index in [9.17, 15) is 0 Å². The van der Waals surface area contributed by atoms with Crippen molar-refractivity contribution in [2.75, 3.05) is 11.2 Å². The molecule has 0 atom stereocenters. The first-order chi connectivity index (χ1) is 8.78. The van der Waals surface area contributed by atoms with Crippen molar-refractivity contribution in [3.05, 3.63) is 47.9 Å². The van der Waals surface area contributed by atoms with Crippen LogP contribution in [0.1, 0.15) is 17.7 Å². The monoisotopic (exact) mass is 261 g/mol. The lowest BCUT2D eigenvalue weighted by molar-refractivity contribution is 0.929. The van der Waals surface area contributed by atoms with Gasteiger partial charge in [0, 0.05) is 23.3 Å². The maximum absolute atomic E-state index is 5.71. The molecule has 0 radical (unpaired) electrons. The molecule has 4 heteroatoms. The molecular weight excluding hydrogens is 246 g/mol. The molecule has 0 aliphatic heterocycles. The molecule has 1 heterocycles. The minimum absolute atomic E-state index is 0.697. The van der Waals surface area contributed by atoms with Gasteiger partial charge in [0.05, 0.1) is 0 Å². The zero-order chi connectivity index (χ0) is 12.8. The Hall–Kier alpha value is -1.61. The number of alkyl halides is 1. The van der Waals surface area contributed by atoms with Crippen LogP contribution in [-0.2, 0) is 6.42 Å². The third-order valence-electron chi connectivity index (χ3n) is 2.60. The molecule has 1 N–H and O–H groups in total. The molecule has 0 amide bonds. The van der Waals surface area contributed by atoms with Gasteiger partial charge in [-0.25, -0.2) is 9.97 Å². The van der Waals surface area contributed by atoms with E-state index in [0.717, 1.165) is 30.0 Å². The average molecular weight is 262 g/mol. The van der Waals surface area contributed by atoms with Gasteiger partial charge in [-0.3, -0.25) is 0 Å². The lowest BCUT2D eigenvalue weighted by Crippen LogP contribution is -1.96. The van der Waals surface area contributed by atoms with Crippen molar-refractivity contribution in [1.29, 1.82) is 0 Å². The van der Waals surface area contributed by atoms with Crippen LogP contribution in [0.5, 0.6) is 0 Å². The highest BCUT2D eigenvalue weighted by molar-refractivity contribution is 6.17. The molecule has 0 unspecified atom stereocenters. The molecule has 0 saturated carbocycles. The summed E-state index contributed by atoms with van der Waals surface area (Å²) in [5.41, 5.74) is 3.28. The van der Waals surface area contributed by atoms with Crippen LogP contribution in [0.2, 0.25) is 0 Å². The highest BCUT2D eigenvalue weighted by Crippen LogP contribution is 2.17.